The maximum absolute atomic E-state index is 5.19. The van der Waals surface area contributed by atoms with Gasteiger partial charge in [0.2, 0.25) is 0 Å². The fraction of sp³-hybridized carbons (Fsp3) is 0.267. The number of thioether (sulfide) groups is 1. The van der Waals surface area contributed by atoms with E-state index in [1.54, 1.807) is 11.8 Å². The summed E-state index contributed by atoms with van der Waals surface area (Å²) < 4.78 is 7.23. The van der Waals surface area contributed by atoms with Gasteiger partial charge in [0.1, 0.15) is 11.6 Å². The minimum Gasteiger partial charge on any atom is -0.360 e. The Morgan fingerprint density at radius 3 is 2.67 bits per heavy atom. The highest BCUT2D eigenvalue weighted by molar-refractivity contribution is 7.97. The average Bonchev–Trinajstić information content (AvgIpc) is 3.07. The lowest BCUT2D eigenvalue weighted by Gasteiger charge is -2.03. The van der Waals surface area contributed by atoms with Crippen molar-refractivity contribution in [2.45, 2.75) is 18.4 Å². The van der Waals surface area contributed by atoms with Gasteiger partial charge >= 0.3 is 0 Å². The number of hydrogen-bond donors (Lipinski definition) is 0. The Bertz CT molecular complexity index is 720. The maximum Gasteiger partial charge on any atom is 0.163 e. The van der Waals surface area contributed by atoms with Crippen LogP contribution >= 0.6 is 11.8 Å². The summed E-state index contributed by atoms with van der Waals surface area (Å²) in [6.07, 6.45) is 0. The Morgan fingerprint density at radius 1 is 1.14 bits per heavy atom. The minimum absolute atomic E-state index is 0.786. The number of hydrogen-bond acceptors (Lipinski definition) is 5. The molecule has 6 heteroatoms. The molecule has 108 valence electrons. The van der Waals surface area contributed by atoms with Crippen LogP contribution in [0, 0.1) is 6.92 Å². The maximum atomic E-state index is 5.19. The lowest BCUT2D eigenvalue weighted by molar-refractivity contribution is 0.391. The van der Waals surface area contributed by atoms with Crippen LogP contribution in [0.1, 0.15) is 17.3 Å². The summed E-state index contributed by atoms with van der Waals surface area (Å²) in [5.41, 5.74) is 1.99. The van der Waals surface area contributed by atoms with E-state index in [1.165, 1.54) is 0 Å². The number of rotatable bonds is 5. The summed E-state index contributed by atoms with van der Waals surface area (Å²) in [7, 11) is 2.00. The topological polar surface area (TPSA) is 56.7 Å². The Labute approximate surface area is 127 Å². The van der Waals surface area contributed by atoms with Crippen molar-refractivity contribution in [1.29, 1.82) is 0 Å². The second-order valence-electron chi connectivity index (χ2n) is 4.79. The van der Waals surface area contributed by atoms with Gasteiger partial charge in [0, 0.05) is 18.7 Å². The summed E-state index contributed by atoms with van der Waals surface area (Å²) in [4.78, 5) is 0. The second kappa shape index (κ2) is 6.13. The molecule has 0 spiro atoms. The fourth-order valence-electron chi connectivity index (χ4n) is 2.05. The highest BCUT2D eigenvalue weighted by Crippen LogP contribution is 2.21. The fourth-order valence-corrected chi connectivity index (χ4v) is 2.93. The van der Waals surface area contributed by atoms with Crippen LogP contribution in [0.3, 0.4) is 0 Å². The van der Waals surface area contributed by atoms with Gasteiger partial charge in [-0.25, -0.2) is 0 Å². The first-order valence-electron chi connectivity index (χ1n) is 6.67. The zero-order chi connectivity index (χ0) is 14.7. The molecular weight excluding hydrogens is 284 g/mol. The first kappa shape index (κ1) is 13.9. The quantitative estimate of drug-likeness (QED) is 0.724. The molecule has 0 saturated heterocycles. The average molecular weight is 300 g/mol. The normalized spacial score (nSPS) is 11.0. The molecule has 0 aliphatic heterocycles. The van der Waals surface area contributed by atoms with Gasteiger partial charge in [0.15, 0.2) is 5.82 Å². The molecule has 0 N–H and O–H groups in total. The van der Waals surface area contributed by atoms with Crippen LogP contribution < -0.4 is 0 Å². The number of aryl methyl sites for hydroxylation is 1. The van der Waals surface area contributed by atoms with E-state index in [0.717, 1.165) is 40.2 Å². The van der Waals surface area contributed by atoms with Crippen molar-refractivity contribution in [3.63, 3.8) is 0 Å². The Balaban J connectivity index is 1.66. The van der Waals surface area contributed by atoms with E-state index >= 15 is 0 Å². The zero-order valence-electron chi connectivity index (χ0n) is 12.0. The lowest BCUT2D eigenvalue weighted by atomic mass is 10.2. The van der Waals surface area contributed by atoms with Gasteiger partial charge in [-0.2, -0.15) is 0 Å². The molecule has 5 nitrogen and oxygen atoms in total. The van der Waals surface area contributed by atoms with Crippen LogP contribution in [0.5, 0.6) is 0 Å². The standard InChI is InChI=1S/C15H16N4OS/c1-11-8-13(20-18-11)9-21-10-14-16-17-15(19(14)2)12-6-4-3-5-7-12/h3-8H,9-10H2,1-2H3. The summed E-state index contributed by atoms with van der Waals surface area (Å²) >= 11 is 1.74. The van der Waals surface area contributed by atoms with Crippen molar-refractivity contribution >= 4 is 11.8 Å². The lowest BCUT2D eigenvalue weighted by Crippen LogP contribution is -1.98. The predicted octanol–water partition coefficient (Wildman–Crippen LogP) is 3.21. The molecule has 0 saturated carbocycles. The van der Waals surface area contributed by atoms with Crippen LogP contribution in [-0.2, 0) is 18.6 Å². The Hall–Kier alpha value is -2.08. The number of nitrogens with zero attached hydrogens (tertiary/aromatic N) is 4. The molecule has 3 aromatic rings. The molecule has 0 amide bonds. The van der Waals surface area contributed by atoms with Crippen molar-refractivity contribution in [2.75, 3.05) is 0 Å². The largest absolute Gasteiger partial charge is 0.360 e. The highest BCUT2D eigenvalue weighted by Gasteiger charge is 2.10. The number of benzene rings is 1. The third-order valence-electron chi connectivity index (χ3n) is 3.15. The van der Waals surface area contributed by atoms with Gasteiger partial charge in [0.25, 0.3) is 0 Å². The second-order valence-corrected chi connectivity index (χ2v) is 5.78. The third kappa shape index (κ3) is 3.16. The van der Waals surface area contributed by atoms with E-state index in [1.807, 2.05) is 54.9 Å². The van der Waals surface area contributed by atoms with Crippen LogP contribution in [0.25, 0.3) is 11.4 Å². The Kier molecular flexibility index (Phi) is 4.06. The van der Waals surface area contributed by atoms with Gasteiger partial charge in [-0.1, -0.05) is 35.5 Å². The van der Waals surface area contributed by atoms with Crippen molar-refractivity contribution in [1.82, 2.24) is 19.9 Å². The molecule has 0 radical (unpaired) electrons. The van der Waals surface area contributed by atoms with Gasteiger partial charge in [-0.3, -0.25) is 0 Å². The van der Waals surface area contributed by atoms with Crippen LogP contribution in [0.15, 0.2) is 40.9 Å². The molecular formula is C15H16N4OS. The first-order chi connectivity index (χ1) is 10.2. The highest BCUT2D eigenvalue weighted by atomic mass is 32.2. The molecule has 0 unspecified atom stereocenters. The molecule has 3 rings (SSSR count). The smallest absolute Gasteiger partial charge is 0.163 e. The van der Waals surface area contributed by atoms with Crippen LogP contribution in [0.4, 0.5) is 0 Å². The summed E-state index contributed by atoms with van der Waals surface area (Å²) in [6, 6.07) is 12.0. The monoisotopic (exact) mass is 300 g/mol. The van der Waals surface area contributed by atoms with E-state index in [-0.39, 0.29) is 0 Å². The van der Waals surface area contributed by atoms with E-state index in [4.69, 9.17) is 4.52 Å². The molecule has 0 aliphatic rings. The molecule has 0 fully saturated rings. The van der Waals surface area contributed by atoms with E-state index in [0.29, 0.717) is 0 Å². The first-order valence-corrected chi connectivity index (χ1v) is 7.83. The van der Waals surface area contributed by atoms with Crippen molar-refractivity contribution in [2.24, 2.45) is 7.05 Å². The molecule has 0 aliphatic carbocycles. The summed E-state index contributed by atoms with van der Waals surface area (Å²) in [5, 5.41) is 12.4. The van der Waals surface area contributed by atoms with Gasteiger partial charge < -0.3 is 9.09 Å². The molecule has 0 bridgehead atoms. The van der Waals surface area contributed by atoms with Gasteiger partial charge in [-0.05, 0) is 6.92 Å². The molecule has 0 atom stereocenters. The van der Waals surface area contributed by atoms with Gasteiger partial charge in [0.05, 0.1) is 17.2 Å². The molecule has 21 heavy (non-hydrogen) atoms. The van der Waals surface area contributed by atoms with E-state index < -0.39 is 0 Å². The summed E-state index contributed by atoms with van der Waals surface area (Å²) in [6.45, 7) is 1.92. The molecule has 1 aromatic carbocycles. The summed E-state index contributed by atoms with van der Waals surface area (Å²) in [5.74, 6) is 4.31. The third-order valence-corrected chi connectivity index (χ3v) is 4.10. The van der Waals surface area contributed by atoms with Crippen LogP contribution in [0.2, 0.25) is 0 Å². The number of aromatic nitrogens is 4. The van der Waals surface area contributed by atoms with E-state index in [2.05, 4.69) is 15.4 Å². The Morgan fingerprint density at radius 2 is 1.95 bits per heavy atom. The predicted molar refractivity (Wildman–Crippen MR) is 82.7 cm³/mol. The van der Waals surface area contributed by atoms with Crippen molar-refractivity contribution in [3.05, 3.63) is 53.7 Å². The van der Waals surface area contributed by atoms with E-state index in [9.17, 15) is 0 Å². The van der Waals surface area contributed by atoms with Gasteiger partial charge in [-0.15, -0.1) is 22.0 Å². The molecule has 2 heterocycles. The van der Waals surface area contributed by atoms with Crippen molar-refractivity contribution < 1.29 is 4.52 Å². The SMILES string of the molecule is Cc1cc(CSCc2nnc(-c3ccccc3)n2C)on1. The van der Waals surface area contributed by atoms with Crippen LogP contribution in [-0.4, -0.2) is 19.9 Å². The zero-order valence-corrected chi connectivity index (χ0v) is 12.8. The van der Waals surface area contributed by atoms with Crippen molar-refractivity contribution in [3.8, 4) is 11.4 Å². The molecule has 2 aromatic heterocycles. The minimum atomic E-state index is 0.786.